The molecule has 0 bridgehead atoms. The lowest BCUT2D eigenvalue weighted by Gasteiger charge is -2.21. The Hall–Kier alpha value is -3.14. The van der Waals surface area contributed by atoms with Crippen LogP contribution in [0.1, 0.15) is 45.6 Å². The summed E-state index contributed by atoms with van der Waals surface area (Å²) in [6.45, 7) is 5.01. The topological polar surface area (TPSA) is 140 Å². The molecule has 32 heavy (non-hydrogen) atoms. The van der Waals surface area contributed by atoms with Crippen LogP contribution >= 0.6 is 0 Å². The summed E-state index contributed by atoms with van der Waals surface area (Å²) >= 11 is 0. The molecule has 0 fully saturated rings. The van der Waals surface area contributed by atoms with E-state index < -0.39 is 41.7 Å². The highest BCUT2D eigenvalue weighted by Crippen LogP contribution is 2.11. The van der Waals surface area contributed by atoms with E-state index in [1.807, 2.05) is 18.2 Å². The normalized spacial score (nSPS) is 12.8. The monoisotopic (exact) mass is 452 g/mol. The van der Waals surface area contributed by atoms with Gasteiger partial charge in [0.05, 0.1) is 19.6 Å². The Kier molecular flexibility index (Phi) is 11.2. The first kappa shape index (κ1) is 26.9. The second-order valence-corrected chi connectivity index (χ2v) is 8.07. The minimum absolute atomic E-state index is 0.0204. The lowest BCUT2D eigenvalue weighted by Crippen LogP contribution is -2.44. The average Bonchev–Trinajstić information content (AvgIpc) is 2.72. The van der Waals surface area contributed by atoms with Crippen molar-refractivity contribution >= 4 is 23.9 Å². The van der Waals surface area contributed by atoms with Gasteiger partial charge in [-0.1, -0.05) is 30.3 Å². The van der Waals surface area contributed by atoms with Crippen LogP contribution in [0.15, 0.2) is 30.3 Å². The molecule has 0 unspecified atom stereocenters. The van der Waals surface area contributed by atoms with Crippen molar-refractivity contribution in [2.24, 2.45) is 0 Å². The number of hydrogen-bond donors (Lipinski definition) is 3. The van der Waals surface area contributed by atoms with Crippen LogP contribution < -0.4 is 10.6 Å². The molecule has 178 valence electrons. The zero-order valence-electron chi connectivity index (χ0n) is 18.9. The molecule has 0 aliphatic carbocycles. The maximum atomic E-state index is 12.2. The summed E-state index contributed by atoms with van der Waals surface area (Å²) in [5.41, 5.74) is 0.142. The van der Waals surface area contributed by atoms with Gasteiger partial charge >= 0.3 is 18.0 Å². The molecule has 1 aromatic carbocycles. The minimum Gasteiger partial charge on any atom is -0.467 e. The quantitative estimate of drug-likeness (QED) is 0.338. The van der Waals surface area contributed by atoms with E-state index in [-0.39, 0.29) is 32.4 Å². The van der Waals surface area contributed by atoms with E-state index in [4.69, 9.17) is 9.47 Å². The van der Waals surface area contributed by atoms with Crippen LogP contribution in [0.3, 0.4) is 0 Å². The summed E-state index contributed by atoms with van der Waals surface area (Å²) in [7, 11) is 1.16. The lowest BCUT2D eigenvalue weighted by molar-refractivity contribution is -0.155. The molecule has 0 heterocycles. The van der Waals surface area contributed by atoms with Crippen molar-refractivity contribution in [2.45, 2.75) is 64.4 Å². The predicted octanol–water partition coefficient (Wildman–Crippen LogP) is 1.44. The van der Waals surface area contributed by atoms with Crippen LogP contribution in [0.4, 0.5) is 4.79 Å². The number of nitrogens with one attached hydrogen (secondary N) is 2. The van der Waals surface area contributed by atoms with Gasteiger partial charge in [0.1, 0.15) is 18.2 Å². The van der Waals surface area contributed by atoms with Gasteiger partial charge in [-0.2, -0.15) is 0 Å². The van der Waals surface area contributed by atoms with Crippen LogP contribution in [0.25, 0.3) is 0 Å². The van der Waals surface area contributed by atoms with Crippen LogP contribution in [0.2, 0.25) is 0 Å². The Bertz CT molecular complexity index is 761. The van der Waals surface area contributed by atoms with Crippen molar-refractivity contribution in [3.05, 3.63) is 35.9 Å². The summed E-state index contributed by atoms with van der Waals surface area (Å²) in [5.74, 6) is -1.88. The Labute approximate surface area is 187 Å². The number of benzene rings is 1. The SMILES string of the molecule is COC(=O)[C@@H](CCC(=O)OC(C)(C)C)NC(=O)C[C@H](O)CNC(=O)OCc1ccccc1. The molecule has 0 radical (unpaired) electrons. The van der Waals surface area contributed by atoms with Crippen molar-refractivity contribution in [3.8, 4) is 0 Å². The van der Waals surface area contributed by atoms with Crippen LogP contribution in [-0.2, 0) is 35.2 Å². The molecular formula is C22H32N2O8. The molecule has 0 saturated carbocycles. The van der Waals surface area contributed by atoms with E-state index >= 15 is 0 Å². The molecule has 0 spiro atoms. The van der Waals surface area contributed by atoms with Crippen LogP contribution in [-0.4, -0.2) is 60.4 Å². The van der Waals surface area contributed by atoms with Crippen molar-refractivity contribution < 1.29 is 38.5 Å². The number of aliphatic hydroxyl groups is 1. The fraction of sp³-hybridized carbons (Fsp3) is 0.545. The number of aliphatic hydroxyl groups excluding tert-OH is 1. The Morgan fingerprint density at radius 2 is 1.75 bits per heavy atom. The molecule has 1 rings (SSSR count). The molecule has 1 aromatic rings. The molecular weight excluding hydrogens is 420 g/mol. The number of carbonyl (C=O) groups excluding carboxylic acids is 4. The van der Waals surface area contributed by atoms with Crippen LogP contribution in [0.5, 0.6) is 0 Å². The first-order valence-electron chi connectivity index (χ1n) is 10.2. The standard InChI is InChI=1S/C22H32N2O8/c1-22(2,3)32-19(27)11-10-17(20(28)30-4)24-18(26)12-16(25)13-23-21(29)31-14-15-8-6-5-7-9-15/h5-9,16-17,25H,10-14H2,1-4H3,(H,23,29)(H,24,26)/t16-,17+/m0/s1. The summed E-state index contributed by atoms with van der Waals surface area (Å²) in [6.07, 6.45) is -2.44. The third-order valence-electron chi connectivity index (χ3n) is 3.99. The number of hydrogen-bond acceptors (Lipinski definition) is 8. The fourth-order valence-corrected chi connectivity index (χ4v) is 2.56. The molecule has 0 saturated heterocycles. The lowest BCUT2D eigenvalue weighted by atomic mass is 10.1. The van der Waals surface area contributed by atoms with Crippen molar-refractivity contribution in [1.82, 2.24) is 10.6 Å². The fourth-order valence-electron chi connectivity index (χ4n) is 2.56. The van der Waals surface area contributed by atoms with Gasteiger partial charge in [0.15, 0.2) is 0 Å². The van der Waals surface area contributed by atoms with Gasteiger partial charge in [-0.15, -0.1) is 0 Å². The molecule has 2 amide bonds. The number of methoxy groups -OCH3 is 1. The third-order valence-corrected chi connectivity index (χ3v) is 3.99. The molecule has 0 aliphatic heterocycles. The number of carbonyl (C=O) groups is 4. The number of amides is 2. The van der Waals surface area contributed by atoms with E-state index in [9.17, 15) is 24.3 Å². The zero-order valence-corrected chi connectivity index (χ0v) is 18.9. The van der Waals surface area contributed by atoms with Crippen molar-refractivity contribution in [3.63, 3.8) is 0 Å². The van der Waals surface area contributed by atoms with Gasteiger partial charge in [0.25, 0.3) is 0 Å². The van der Waals surface area contributed by atoms with Gasteiger partial charge in [0.2, 0.25) is 5.91 Å². The summed E-state index contributed by atoms with van der Waals surface area (Å²) in [5, 5.41) is 14.8. The van der Waals surface area contributed by atoms with Gasteiger partial charge in [-0.3, -0.25) is 9.59 Å². The highest BCUT2D eigenvalue weighted by Gasteiger charge is 2.25. The molecule has 0 aromatic heterocycles. The number of alkyl carbamates (subject to hydrolysis) is 1. The molecule has 10 heteroatoms. The van der Waals surface area contributed by atoms with Gasteiger partial charge < -0.3 is 30.0 Å². The molecule has 0 aliphatic rings. The van der Waals surface area contributed by atoms with Gasteiger partial charge in [-0.25, -0.2) is 9.59 Å². The first-order chi connectivity index (χ1) is 15.0. The highest BCUT2D eigenvalue weighted by molar-refractivity contribution is 5.85. The molecule has 10 nitrogen and oxygen atoms in total. The van der Waals surface area contributed by atoms with E-state index in [1.165, 1.54) is 0 Å². The van der Waals surface area contributed by atoms with E-state index in [2.05, 4.69) is 15.4 Å². The smallest absolute Gasteiger partial charge is 0.407 e. The molecule has 3 N–H and O–H groups in total. The maximum absolute atomic E-state index is 12.2. The summed E-state index contributed by atoms with van der Waals surface area (Å²) in [6, 6.07) is 7.99. The van der Waals surface area contributed by atoms with E-state index in [0.29, 0.717) is 0 Å². The minimum atomic E-state index is -1.21. The maximum Gasteiger partial charge on any atom is 0.407 e. The zero-order chi connectivity index (χ0) is 24.1. The Morgan fingerprint density at radius 1 is 1.09 bits per heavy atom. The average molecular weight is 453 g/mol. The largest absolute Gasteiger partial charge is 0.467 e. The van der Waals surface area contributed by atoms with Crippen molar-refractivity contribution in [1.29, 1.82) is 0 Å². The van der Waals surface area contributed by atoms with E-state index in [0.717, 1.165) is 12.7 Å². The first-order valence-corrected chi connectivity index (χ1v) is 10.2. The second-order valence-electron chi connectivity index (χ2n) is 8.07. The number of ether oxygens (including phenoxy) is 3. The second kappa shape index (κ2) is 13.3. The number of esters is 2. The van der Waals surface area contributed by atoms with Crippen LogP contribution in [0, 0.1) is 0 Å². The van der Waals surface area contributed by atoms with E-state index in [1.54, 1.807) is 32.9 Å². The van der Waals surface area contributed by atoms with Crippen molar-refractivity contribution in [2.75, 3.05) is 13.7 Å². The third kappa shape index (κ3) is 11.9. The highest BCUT2D eigenvalue weighted by atomic mass is 16.6. The summed E-state index contributed by atoms with van der Waals surface area (Å²) in [4.78, 5) is 47.6. The number of rotatable bonds is 11. The van der Waals surface area contributed by atoms with Gasteiger partial charge in [0, 0.05) is 13.0 Å². The predicted molar refractivity (Wildman–Crippen MR) is 114 cm³/mol. The Morgan fingerprint density at radius 3 is 2.34 bits per heavy atom. The molecule has 2 atom stereocenters. The Balaban J connectivity index is 2.40. The summed E-state index contributed by atoms with van der Waals surface area (Å²) < 4.78 is 14.8. The van der Waals surface area contributed by atoms with Gasteiger partial charge in [-0.05, 0) is 32.8 Å².